The first kappa shape index (κ1) is 11.4. The second-order valence-electron chi connectivity index (χ2n) is 3.44. The van der Waals surface area contributed by atoms with Gasteiger partial charge in [-0.15, -0.1) is 22.9 Å². The highest BCUT2D eigenvalue weighted by Crippen LogP contribution is 2.15. The molecule has 0 aliphatic carbocycles. The van der Waals surface area contributed by atoms with Crippen molar-refractivity contribution in [3.8, 4) is 0 Å². The zero-order valence-corrected chi connectivity index (χ0v) is 10.5. The van der Waals surface area contributed by atoms with E-state index in [1.54, 1.807) is 23.7 Å². The Morgan fingerprint density at radius 2 is 2.31 bits per heavy atom. The second-order valence-corrected chi connectivity index (χ2v) is 4.74. The van der Waals surface area contributed by atoms with Crippen molar-refractivity contribution in [1.82, 2.24) is 9.97 Å². The van der Waals surface area contributed by atoms with E-state index in [4.69, 9.17) is 11.6 Å². The number of rotatable bonds is 4. The first-order chi connectivity index (χ1) is 7.79. The Morgan fingerprint density at radius 3 is 3.00 bits per heavy atom. The second kappa shape index (κ2) is 5.27. The molecule has 0 unspecified atom stereocenters. The predicted molar refractivity (Wildman–Crippen MR) is 68.0 cm³/mol. The largest absolute Gasteiger partial charge is 0.353 e. The summed E-state index contributed by atoms with van der Waals surface area (Å²) in [6, 6.07) is 4.16. The number of halogens is 1. The Labute approximate surface area is 104 Å². The van der Waals surface area contributed by atoms with Gasteiger partial charge >= 0.3 is 0 Å². The summed E-state index contributed by atoms with van der Waals surface area (Å²) in [5.74, 6) is 1.25. The van der Waals surface area contributed by atoms with Gasteiger partial charge in [0.1, 0.15) is 5.82 Å². The van der Waals surface area contributed by atoms with Crippen LogP contribution in [0.5, 0.6) is 0 Å². The molecule has 0 radical (unpaired) electrons. The van der Waals surface area contributed by atoms with Crippen LogP contribution in [0.4, 0.5) is 5.82 Å². The van der Waals surface area contributed by atoms with Gasteiger partial charge in [-0.05, 0) is 11.4 Å². The lowest BCUT2D eigenvalue weighted by molar-refractivity contribution is 0.892. The maximum absolute atomic E-state index is 5.73. The van der Waals surface area contributed by atoms with Gasteiger partial charge in [-0.2, -0.15) is 0 Å². The van der Waals surface area contributed by atoms with E-state index in [0.29, 0.717) is 5.88 Å². The van der Waals surface area contributed by atoms with Crippen LogP contribution in [0.1, 0.15) is 10.6 Å². The summed E-state index contributed by atoms with van der Waals surface area (Å²) in [6.45, 7) is 0.845. The average Bonchev–Trinajstić information content (AvgIpc) is 2.82. The Balaban J connectivity index is 2.11. The van der Waals surface area contributed by atoms with Gasteiger partial charge in [0, 0.05) is 18.1 Å². The first-order valence-corrected chi connectivity index (χ1v) is 6.31. The molecule has 0 saturated heterocycles. The highest BCUT2D eigenvalue weighted by Gasteiger charge is 2.05. The van der Waals surface area contributed by atoms with E-state index in [-0.39, 0.29) is 0 Å². The molecule has 0 aromatic carbocycles. The number of alkyl halides is 1. The van der Waals surface area contributed by atoms with Crippen molar-refractivity contribution in [2.75, 3.05) is 11.9 Å². The summed E-state index contributed by atoms with van der Waals surface area (Å²) >= 11 is 7.47. The Bertz CT molecular complexity index is 444. The van der Waals surface area contributed by atoms with E-state index in [0.717, 1.165) is 18.1 Å². The SMILES string of the molecule is CN(Cc1cccs1)c1cncc(CCl)n1. The van der Waals surface area contributed by atoms with E-state index in [2.05, 4.69) is 32.4 Å². The van der Waals surface area contributed by atoms with Crippen molar-refractivity contribution < 1.29 is 0 Å². The summed E-state index contributed by atoms with van der Waals surface area (Å²) in [5, 5.41) is 2.07. The minimum absolute atomic E-state index is 0.397. The zero-order valence-electron chi connectivity index (χ0n) is 8.93. The standard InChI is InChI=1S/C11H12ClN3S/c1-15(8-10-3-2-4-16-10)11-7-13-6-9(5-12)14-11/h2-4,6-7H,5,8H2,1H3. The predicted octanol–water partition coefficient (Wildman–Crippen LogP) is 2.91. The van der Waals surface area contributed by atoms with E-state index >= 15 is 0 Å². The molecular weight excluding hydrogens is 242 g/mol. The summed E-state index contributed by atoms with van der Waals surface area (Å²) < 4.78 is 0. The third-order valence-corrected chi connectivity index (χ3v) is 3.31. The fourth-order valence-electron chi connectivity index (χ4n) is 1.36. The lowest BCUT2D eigenvalue weighted by atomic mass is 10.4. The highest BCUT2D eigenvalue weighted by molar-refractivity contribution is 7.09. The number of hydrogen-bond acceptors (Lipinski definition) is 4. The van der Waals surface area contributed by atoms with Gasteiger partial charge in [0.25, 0.3) is 0 Å². The van der Waals surface area contributed by atoms with Gasteiger partial charge in [-0.25, -0.2) is 4.98 Å². The molecule has 2 aromatic heterocycles. The van der Waals surface area contributed by atoms with Gasteiger partial charge < -0.3 is 4.90 Å². The molecule has 0 saturated carbocycles. The third kappa shape index (κ3) is 2.71. The van der Waals surface area contributed by atoms with Crippen molar-refractivity contribution in [2.24, 2.45) is 0 Å². The molecule has 5 heteroatoms. The normalized spacial score (nSPS) is 10.4. The molecule has 0 fully saturated rings. The number of aromatic nitrogens is 2. The summed E-state index contributed by atoms with van der Waals surface area (Å²) in [5.41, 5.74) is 0.803. The van der Waals surface area contributed by atoms with Crippen LogP contribution in [0.2, 0.25) is 0 Å². The van der Waals surface area contributed by atoms with Crippen LogP contribution in [0.25, 0.3) is 0 Å². The fraction of sp³-hybridized carbons (Fsp3) is 0.273. The molecule has 0 amide bonds. The molecule has 0 bridgehead atoms. The number of nitrogens with zero attached hydrogens (tertiary/aromatic N) is 3. The summed E-state index contributed by atoms with van der Waals surface area (Å²) in [4.78, 5) is 11.9. The third-order valence-electron chi connectivity index (χ3n) is 2.17. The van der Waals surface area contributed by atoms with Gasteiger partial charge in [-0.1, -0.05) is 6.07 Å². The summed E-state index contributed by atoms with van der Waals surface area (Å²) in [7, 11) is 2.00. The minimum atomic E-state index is 0.397. The maximum atomic E-state index is 5.73. The van der Waals surface area contributed by atoms with Gasteiger partial charge in [-0.3, -0.25) is 4.98 Å². The van der Waals surface area contributed by atoms with Crippen LogP contribution < -0.4 is 4.90 Å². The molecule has 0 aliphatic heterocycles. The molecular formula is C11H12ClN3S. The Hall–Kier alpha value is -1.13. The zero-order chi connectivity index (χ0) is 11.4. The van der Waals surface area contributed by atoms with Crippen LogP contribution in [0.3, 0.4) is 0 Å². The van der Waals surface area contributed by atoms with Crippen LogP contribution >= 0.6 is 22.9 Å². The van der Waals surface area contributed by atoms with Crippen LogP contribution in [0.15, 0.2) is 29.9 Å². The van der Waals surface area contributed by atoms with Crippen molar-refractivity contribution in [3.63, 3.8) is 0 Å². The molecule has 2 heterocycles. The van der Waals surface area contributed by atoms with Crippen LogP contribution in [-0.2, 0) is 12.4 Å². The minimum Gasteiger partial charge on any atom is -0.353 e. The van der Waals surface area contributed by atoms with Crippen molar-refractivity contribution in [3.05, 3.63) is 40.5 Å². The quantitative estimate of drug-likeness (QED) is 0.785. The topological polar surface area (TPSA) is 29.0 Å². The number of hydrogen-bond donors (Lipinski definition) is 0. The Kier molecular flexibility index (Phi) is 3.74. The van der Waals surface area contributed by atoms with Crippen LogP contribution in [-0.4, -0.2) is 17.0 Å². The van der Waals surface area contributed by atoms with Crippen molar-refractivity contribution in [1.29, 1.82) is 0 Å². The van der Waals surface area contributed by atoms with E-state index in [1.807, 2.05) is 7.05 Å². The van der Waals surface area contributed by atoms with Crippen LogP contribution in [0, 0.1) is 0 Å². The lowest BCUT2D eigenvalue weighted by Gasteiger charge is -2.16. The maximum Gasteiger partial charge on any atom is 0.147 e. The molecule has 0 N–H and O–H groups in total. The highest BCUT2D eigenvalue weighted by atomic mass is 35.5. The van der Waals surface area contributed by atoms with E-state index < -0.39 is 0 Å². The molecule has 2 aromatic rings. The monoisotopic (exact) mass is 253 g/mol. The molecule has 3 nitrogen and oxygen atoms in total. The lowest BCUT2D eigenvalue weighted by Crippen LogP contribution is -2.17. The average molecular weight is 254 g/mol. The molecule has 16 heavy (non-hydrogen) atoms. The number of thiophene rings is 1. The van der Waals surface area contributed by atoms with Crippen molar-refractivity contribution >= 4 is 28.8 Å². The fourth-order valence-corrected chi connectivity index (χ4v) is 2.25. The molecule has 0 aliphatic rings. The molecule has 84 valence electrons. The number of anilines is 1. The van der Waals surface area contributed by atoms with E-state index in [9.17, 15) is 0 Å². The summed E-state index contributed by atoms with van der Waals surface area (Å²) in [6.07, 6.45) is 3.44. The molecule has 0 atom stereocenters. The molecule has 0 spiro atoms. The van der Waals surface area contributed by atoms with Gasteiger partial charge in [0.05, 0.1) is 24.3 Å². The Morgan fingerprint density at radius 1 is 1.44 bits per heavy atom. The smallest absolute Gasteiger partial charge is 0.147 e. The van der Waals surface area contributed by atoms with E-state index in [1.165, 1.54) is 4.88 Å². The first-order valence-electron chi connectivity index (χ1n) is 4.90. The van der Waals surface area contributed by atoms with Gasteiger partial charge in [0.15, 0.2) is 0 Å². The van der Waals surface area contributed by atoms with Gasteiger partial charge in [0.2, 0.25) is 0 Å². The molecule has 2 rings (SSSR count). The van der Waals surface area contributed by atoms with Crippen molar-refractivity contribution in [2.45, 2.75) is 12.4 Å².